The molecule has 1 aromatic heterocycles. The maximum Gasteiger partial charge on any atom is 0.246 e. The van der Waals surface area contributed by atoms with Crippen molar-refractivity contribution >= 4 is 22.4 Å². The average Bonchev–Trinajstić information content (AvgIpc) is 3.06. The highest BCUT2D eigenvalue weighted by Gasteiger charge is 2.23. The number of carbonyl (C=O) groups is 1. The van der Waals surface area contributed by atoms with E-state index in [0.29, 0.717) is 0 Å². The number of amides is 1. The topological polar surface area (TPSA) is 87.6 Å². The molecule has 2 heterocycles. The molecule has 2 aromatic rings. The van der Waals surface area contributed by atoms with Crippen LogP contribution in [0, 0.1) is 0 Å². The van der Waals surface area contributed by atoms with Gasteiger partial charge in [0.1, 0.15) is 17.4 Å². The van der Waals surface area contributed by atoms with Gasteiger partial charge >= 0.3 is 0 Å². The second-order valence-electron chi connectivity index (χ2n) is 5.70. The maximum atomic E-state index is 11.6. The van der Waals surface area contributed by atoms with Crippen molar-refractivity contribution in [1.29, 1.82) is 0 Å². The molecule has 1 aliphatic rings. The van der Waals surface area contributed by atoms with Crippen LogP contribution in [0.15, 0.2) is 24.3 Å². The molecule has 7 nitrogen and oxygen atoms in total. The molecule has 0 bridgehead atoms. The highest BCUT2D eigenvalue weighted by molar-refractivity contribution is 7.18. The van der Waals surface area contributed by atoms with Gasteiger partial charge in [-0.25, -0.2) is 0 Å². The first kappa shape index (κ1) is 16.7. The molecule has 0 saturated carbocycles. The number of aromatic hydroxyl groups is 1. The minimum atomic E-state index is -0.0681. The van der Waals surface area contributed by atoms with Crippen LogP contribution in [0.5, 0.6) is 5.75 Å². The second-order valence-corrected chi connectivity index (χ2v) is 6.65. The number of nitrogens with one attached hydrogen (secondary N) is 1. The number of aromatic nitrogens is 2. The number of nitrogens with zero attached hydrogens (tertiary/aromatic N) is 3. The van der Waals surface area contributed by atoms with E-state index in [1.54, 1.807) is 12.1 Å². The van der Waals surface area contributed by atoms with Crippen molar-refractivity contribution < 1.29 is 14.6 Å². The third-order valence-corrected chi connectivity index (χ3v) is 4.97. The third-order valence-electron chi connectivity index (χ3n) is 3.93. The summed E-state index contributed by atoms with van der Waals surface area (Å²) < 4.78 is 4.83. The van der Waals surface area contributed by atoms with Gasteiger partial charge in [0.25, 0.3) is 0 Å². The molecule has 3 rings (SSSR count). The van der Waals surface area contributed by atoms with Crippen LogP contribution in [0.1, 0.15) is 12.8 Å². The molecule has 0 radical (unpaired) electrons. The molecule has 24 heavy (non-hydrogen) atoms. The van der Waals surface area contributed by atoms with Gasteiger partial charge in [-0.1, -0.05) is 11.3 Å². The van der Waals surface area contributed by atoms with E-state index < -0.39 is 0 Å². The normalized spacial score (nSPS) is 15.5. The van der Waals surface area contributed by atoms with E-state index in [1.807, 2.05) is 12.1 Å². The Morgan fingerprint density at radius 1 is 1.33 bits per heavy atom. The Bertz CT molecular complexity index is 681. The van der Waals surface area contributed by atoms with Crippen molar-refractivity contribution in [2.75, 3.05) is 31.7 Å². The lowest BCUT2D eigenvalue weighted by atomic mass is 10.1. The maximum absolute atomic E-state index is 11.6. The summed E-state index contributed by atoms with van der Waals surface area (Å²) in [5, 5.41) is 22.6. The zero-order valence-corrected chi connectivity index (χ0v) is 14.3. The number of benzene rings is 1. The minimum absolute atomic E-state index is 0.0681. The number of hydrogen-bond donors (Lipinski definition) is 2. The Labute approximate surface area is 144 Å². The fraction of sp³-hybridized carbons (Fsp3) is 0.438. The SMILES string of the molecule is COCC(=O)NC1CCN(c2nnc(-c3ccc(O)cc3)s2)CC1. The molecule has 0 atom stereocenters. The smallest absolute Gasteiger partial charge is 0.246 e. The molecule has 128 valence electrons. The first-order valence-electron chi connectivity index (χ1n) is 7.82. The van der Waals surface area contributed by atoms with Crippen molar-refractivity contribution in [3.8, 4) is 16.3 Å². The van der Waals surface area contributed by atoms with Crippen LogP contribution in [0.25, 0.3) is 10.6 Å². The number of ether oxygens (including phenoxy) is 1. The van der Waals surface area contributed by atoms with Crippen molar-refractivity contribution in [2.24, 2.45) is 0 Å². The Balaban J connectivity index is 1.57. The molecule has 1 saturated heterocycles. The van der Waals surface area contributed by atoms with Crippen LogP contribution in [0.3, 0.4) is 0 Å². The highest BCUT2D eigenvalue weighted by atomic mass is 32.1. The molecular formula is C16H20N4O3S. The van der Waals surface area contributed by atoms with E-state index in [2.05, 4.69) is 20.4 Å². The lowest BCUT2D eigenvalue weighted by Gasteiger charge is -2.31. The molecule has 8 heteroatoms. The number of phenols is 1. The number of rotatable bonds is 5. The Kier molecular flexibility index (Phi) is 5.27. The van der Waals surface area contributed by atoms with E-state index in [0.717, 1.165) is 41.6 Å². The summed E-state index contributed by atoms with van der Waals surface area (Å²) in [6.45, 7) is 1.77. The van der Waals surface area contributed by atoms with Crippen molar-refractivity contribution in [3.63, 3.8) is 0 Å². The van der Waals surface area contributed by atoms with Gasteiger partial charge < -0.3 is 20.1 Å². The summed E-state index contributed by atoms with van der Waals surface area (Å²) in [7, 11) is 1.52. The van der Waals surface area contributed by atoms with Gasteiger partial charge in [-0.2, -0.15) is 0 Å². The van der Waals surface area contributed by atoms with Crippen molar-refractivity contribution in [2.45, 2.75) is 18.9 Å². The predicted molar refractivity (Wildman–Crippen MR) is 92.3 cm³/mol. The quantitative estimate of drug-likeness (QED) is 0.854. The Hall–Kier alpha value is -2.19. The second kappa shape index (κ2) is 7.59. The first-order valence-corrected chi connectivity index (χ1v) is 8.63. The molecule has 1 aromatic carbocycles. The van der Waals surface area contributed by atoms with Crippen LogP contribution in [0.2, 0.25) is 0 Å². The van der Waals surface area contributed by atoms with Crippen LogP contribution in [0.4, 0.5) is 5.13 Å². The molecule has 2 N–H and O–H groups in total. The molecule has 1 aliphatic heterocycles. The minimum Gasteiger partial charge on any atom is -0.508 e. The van der Waals surface area contributed by atoms with Crippen molar-refractivity contribution in [3.05, 3.63) is 24.3 Å². The van der Waals surface area contributed by atoms with Crippen LogP contribution >= 0.6 is 11.3 Å². The molecule has 1 amide bonds. The summed E-state index contributed by atoms with van der Waals surface area (Å²) in [6.07, 6.45) is 1.76. The fourth-order valence-electron chi connectivity index (χ4n) is 2.68. The number of anilines is 1. The van der Waals surface area contributed by atoms with E-state index in [-0.39, 0.29) is 24.3 Å². The van der Waals surface area contributed by atoms with Gasteiger partial charge in [0, 0.05) is 31.8 Å². The zero-order valence-electron chi connectivity index (χ0n) is 13.4. The van der Waals surface area contributed by atoms with Gasteiger partial charge in [-0.05, 0) is 37.1 Å². The first-order chi connectivity index (χ1) is 11.7. The number of methoxy groups -OCH3 is 1. The molecule has 0 unspecified atom stereocenters. The summed E-state index contributed by atoms with van der Waals surface area (Å²) in [5.74, 6) is 0.169. The Morgan fingerprint density at radius 2 is 2.04 bits per heavy atom. The average molecular weight is 348 g/mol. The van der Waals surface area contributed by atoms with Gasteiger partial charge in [-0.3, -0.25) is 4.79 Å². The highest BCUT2D eigenvalue weighted by Crippen LogP contribution is 2.30. The number of hydrogen-bond acceptors (Lipinski definition) is 7. The Morgan fingerprint density at radius 3 is 2.71 bits per heavy atom. The number of phenolic OH excluding ortho intramolecular Hbond substituents is 1. The molecular weight excluding hydrogens is 328 g/mol. The summed E-state index contributed by atoms with van der Waals surface area (Å²) in [6, 6.07) is 7.14. The van der Waals surface area contributed by atoms with E-state index >= 15 is 0 Å². The van der Waals surface area contributed by atoms with Gasteiger partial charge in [0.15, 0.2) is 0 Å². The van der Waals surface area contributed by atoms with Crippen LogP contribution in [-0.4, -0.2) is 54.1 Å². The summed E-state index contributed by atoms with van der Waals surface area (Å²) in [4.78, 5) is 13.8. The lowest BCUT2D eigenvalue weighted by molar-refractivity contribution is -0.125. The summed E-state index contributed by atoms with van der Waals surface area (Å²) in [5.41, 5.74) is 0.943. The lowest BCUT2D eigenvalue weighted by Crippen LogP contribution is -2.45. The fourth-order valence-corrected chi connectivity index (χ4v) is 3.58. The number of carbonyl (C=O) groups excluding carboxylic acids is 1. The van der Waals surface area contributed by atoms with Gasteiger partial charge in [0.2, 0.25) is 11.0 Å². The van der Waals surface area contributed by atoms with Crippen molar-refractivity contribution in [1.82, 2.24) is 15.5 Å². The molecule has 1 fully saturated rings. The van der Waals surface area contributed by atoms with Gasteiger partial charge in [0.05, 0.1) is 0 Å². The van der Waals surface area contributed by atoms with Crippen LogP contribution in [-0.2, 0) is 9.53 Å². The van der Waals surface area contributed by atoms with Gasteiger partial charge in [-0.15, -0.1) is 10.2 Å². The standard InChI is InChI=1S/C16H20N4O3S/c1-23-10-14(22)17-12-6-8-20(9-7-12)16-19-18-15(24-16)11-2-4-13(21)5-3-11/h2-5,12,21H,6-10H2,1H3,(H,17,22). The molecule has 0 spiro atoms. The van der Waals surface area contributed by atoms with E-state index in [1.165, 1.54) is 18.4 Å². The van der Waals surface area contributed by atoms with E-state index in [9.17, 15) is 9.90 Å². The monoisotopic (exact) mass is 348 g/mol. The number of piperidine rings is 1. The largest absolute Gasteiger partial charge is 0.508 e. The predicted octanol–water partition coefficient (Wildman–Crippen LogP) is 1.64. The molecule has 0 aliphatic carbocycles. The summed E-state index contributed by atoms with van der Waals surface area (Å²) >= 11 is 1.54. The van der Waals surface area contributed by atoms with E-state index in [4.69, 9.17) is 4.74 Å². The third kappa shape index (κ3) is 4.01. The van der Waals surface area contributed by atoms with Crippen LogP contribution < -0.4 is 10.2 Å². The zero-order chi connectivity index (χ0) is 16.9.